The lowest BCUT2D eigenvalue weighted by Gasteiger charge is -2.08. The minimum Gasteiger partial charge on any atom is -0.493 e. The van der Waals surface area contributed by atoms with Gasteiger partial charge in [-0.15, -0.1) is 0 Å². The quantitative estimate of drug-likeness (QED) is 0.647. The maximum absolute atomic E-state index is 13.2. The van der Waals surface area contributed by atoms with Crippen molar-refractivity contribution in [1.29, 1.82) is 0 Å². The van der Waals surface area contributed by atoms with Crippen LogP contribution in [0.3, 0.4) is 0 Å². The molecule has 0 aliphatic heterocycles. The molecule has 0 aliphatic rings. The minimum absolute atomic E-state index is 0.0694. The van der Waals surface area contributed by atoms with Crippen LogP contribution >= 0.6 is 0 Å². The van der Waals surface area contributed by atoms with Gasteiger partial charge in [0, 0.05) is 6.42 Å². The Morgan fingerprint density at radius 2 is 2.12 bits per heavy atom. The summed E-state index contributed by atoms with van der Waals surface area (Å²) in [5.41, 5.74) is 2.38. The van der Waals surface area contributed by atoms with Crippen molar-refractivity contribution in [3.05, 3.63) is 59.7 Å². The van der Waals surface area contributed by atoms with Crippen molar-refractivity contribution in [3.8, 4) is 5.75 Å². The van der Waals surface area contributed by atoms with Crippen molar-refractivity contribution in [3.63, 3.8) is 0 Å². The average Bonchev–Trinajstić information content (AvgIpc) is 3.00. The van der Waals surface area contributed by atoms with Crippen LogP contribution < -0.4 is 10.1 Å². The van der Waals surface area contributed by atoms with E-state index < -0.39 is 0 Å². The van der Waals surface area contributed by atoms with Crippen LogP contribution in [0.15, 0.2) is 42.5 Å². The molecule has 0 aliphatic carbocycles. The van der Waals surface area contributed by atoms with Crippen LogP contribution in [-0.2, 0) is 11.3 Å². The van der Waals surface area contributed by atoms with Crippen LogP contribution in [0.2, 0.25) is 0 Å². The van der Waals surface area contributed by atoms with Gasteiger partial charge in [-0.3, -0.25) is 4.79 Å². The molecule has 0 atom stereocenters. The highest BCUT2D eigenvalue weighted by Crippen LogP contribution is 2.16. The van der Waals surface area contributed by atoms with Gasteiger partial charge in [0.15, 0.2) is 0 Å². The van der Waals surface area contributed by atoms with E-state index in [0.717, 1.165) is 11.3 Å². The predicted molar refractivity (Wildman–Crippen MR) is 93.8 cm³/mol. The van der Waals surface area contributed by atoms with E-state index in [-0.39, 0.29) is 18.3 Å². The highest BCUT2D eigenvalue weighted by Gasteiger charge is 2.06. The van der Waals surface area contributed by atoms with E-state index in [4.69, 9.17) is 4.74 Å². The zero-order chi connectivity index (χ0) is 17.6. The van der Waals surface area contributed by atoms with Crippen LogP contribution in [0.1, 0.15) is 24.2 Å². The number of halogens is 1. The molecule has 1 aromatic heterocycles. The van der Waals surface area contributed by atoms with Gasteiger partial charge in [0.2, 0.25) is 5.91 Å². The monoisotopic (exact) mass is 341 g/mol. The van der Waals surface area contributed by atoms with Gasteiger partial charge in [0.1, 0.15) is 17.4 Å². The molecule has 5 nitrogen and oxygen atoms in total. The number of H-pyrrole nitrogens is 1. The molecule has 25 heavy (non-hydrogen) atoms. The first-order chi connectivity index (χ1) is 12.1. The molecule has 2 aromatic carbocycles. The Morgan fingerprint density at radius 1 is 1.28 bits per heavy atom. The summed E-state index contributed by atoms with van der Waals surface area (Å²) in [5.74, 6) is 1.06. The number of amides is 1. The molecule has 130 valence electrons. The molecule has 0 fully saturated rings. The van der Waals surface area contributed by atoms with Gasteiger partial charge in [0.05, 0.1) is 24.2 Å². The Hall–Kier alpha value is -2.89. The number of benzene rings is 2. The number of aryl methyl sites for hydroxylation is 1. The SMILES string of the molecule is Cc1ccccc1OCCCC(=O)NCc1nc2ccc(F)cc2[nH]1. The van der Waals surface area contributed by atoms with E-state index in [0.29, 0.717) is 36.3 Å². The van der Waals surface area contributed by atoms with Gasteiger partial charge in [-0.25, -0.2) is 9.37 Å². The van der Waals surface area contributed by atoms with E-state index in [1.807, 2.05) is 31.2 Å². The summed E-state index contributed by atoms with van der Waals surface area (Å²) in [7, 11) is 0. The van der Waals surface area contributed by atoms with Gasteiger partial charge in [0.25, 0.3) is 0 Å². The second-order valence-corrected chi connectivity index (χ2v) is 5.84. The maximum atomic E-state index is 13.2. The number of imidazole rings is 1. The normalized spacial score (nSPS) is 10.8. The summed E-state index contributed by atoms with van der Waals surface area (Å²) in [6.45, 7) is 2.76. The molecule has 1 amide bonds. The number of carbonyl (C=O) groups is 1. The fraction of sp³-hybridized carbons (Fsp3) is 0.263. The number of hydrogen-bond acceptors (Lipinski definition) is 3. The minimum atomic E-state index is -0.319. The lowest BCUT2D eigenvalue weighted by atomic mass is 10.2. The van der Waals surface area contributed by atoms with Crippen molar-refractivity contribution in [2.24, 2.45) is 0 Å². The van der Waals surface area contributed by atoms with E-state index in [1.54, 1.807) is 6.07 Å². The Balaban J connectivity index is 1.41. The van der Waals surface area contributed by atoms with Crippen molar-refractivity contribution >= 4 is 16.9 Å². The van der Waals surface area contributed by atoms with Gasteiger partial charge in [-0.1, -0.05) is 18.2 Å². The summed E-state index contributed by atoms with van der Waals surface area (Å²) in [6.07, 6.45) is 1.01. The second-order valence-electron chi connectivity index (χ2n) is 5.84. The molecule has 3 rings (SSSR count). The molecule has 2 N–H and O–H groups in total. The molecule has 0 bridgehead atoms. The van der Waals surface area contributed by atoms with Crippen molar-refractivity contribution in [1.82, 2.24) is 15.3 Å². The number of ether oxygens (including phenoxy) is 1. The molecule has 0 saturated heterocycles. The number of para-hydroxylation sites is 1. The lowest BCUT2D eigenvalue weighted by Crippen LogP contribution is -2.23. The topological polar surface area (TPSA) is 67.0 Å². The van der Waals surface area contributed by atoms with Crippen LogP contribution in [0, 0.1) is 12.7 Å². The highest BCUT2D eigenvalue weighted by atomic mass is 19.1. The van der Waals surface area contributed by atoms with Crippen molar-refractivity contribution in [2.75, 3.05) is 6.61 Å². The molecular weight excluding hydrogens is 321 g/mol. The third-order valence-corrected chi connectivity index (χ3v) is 3.85. The van der Waals surface area contributed by atoms with E-state index in [2.05, 4.69) is 15.3 Å². The molecule has 0 unspecified atom stereocenters. The number of nitrogens with one attached hydrogen (secondary N) is 2. The molecule has 0 spiro atoms. The van der Waals surface area contributed by atoms with Crippen molar-refractivity contribution < 1.29 is 13.9 Å². The third-order valence-electron chi connectivity index (χ3n) is 3.85. The largest absolute Gasteiger partial charge is 0.493 e. The predicted octanol–water partition coefficient (Wildman–Crippen LogP) is 3.49. The fourth-order valence-electron chi connectivity index (χ4n) is 2.52. The van der Waals surface area contributed by atoms with E-state index in [1.165, 1.54) is 12.1 Å². The smallest absolute Gasteiger partial charge is 0.220 e. The Kier molecular flexibility index (Phi) is 5.28. The molecule has 1 heterocycles. The summed E-state index contributed by atoms with van der Waals surface area (Å²) in [5, 5.41) is 2.80. The number of hydrogen-bond donors (Lipinski definition) is 2. The van der Waals surface area contributed by atoms with Gasteiger partial charge < -0.3 is 15.0 Å². The second kappa shape index (κ2) is 7.79. The van der Waals surface area contributed by atoms with Gasteiger partial charge >= 0.3 is 0 Å². The Labute approximate surface area is 145 Å². The number of aromatic amines is 1. The maximum Gasteiger partial charge on any atom is 0.220 e. The number of aromatic nitrogens is 2. The van der Waals surface area contributed by atoms with Crippen LogP contribution in [-0.4, -0.2) is 22.5 Å². The Morgan fingerprint density at radius 3 is 2.96 bits per heavy atom. The molecule has 0 saturated carbocycles. The lowest BCUT2D eigenvalue weighted by molar-refractivity contribution is -0.121. The van der Waals surface area contributed by atoms with E-state index in [9.17, 15) is 9.18 Å². The molecular formula is C19H20FN3O2. The number of fused-ring (bicyclic) bond motifs is 1. The van der Waals surface area contributed by atoms with Gasteiger partial charge in [-0.05, 0) is 43.2 Å². The third kappa shape index (κ3) is 4.56. The summed E-state index contributed by atoms with van der Waals surface area (Å²) in [6, 6.07) is 12.1. The van der Waals surface area contributed by atoms with E-state index >= 15 is 0 Å². The molecule has 0 radical (unpaired) electrons. The first-order valence-electron chi connectivity index (χ1n) is 8.21. The van der Waals surface area contributed by atoms with Crippen LogP contribution in [0.5, 0.6) is 5.75 Å². The fourth-order valence-corrected chi connectivity index (χ4v) is 2.52. The number of rotatable bonds is 7. The average molecular weight is 341 g/mol. The summed E-state index contributed by atoms with van der Waals surface area (Å²) >= 11 is 0. The van der Waals surface area contributed by atoms with Gasteiger partial charge in [-0.2, -0.15) is 0 Å². The van der Waals surface area contributed by atoms with Crippen molar-refractivity contribution in [2.45, 2.75) is 26.3 Å². The summed E-state index contributed by atoms with van der Waals surface area (Å²) in [4.78, 5) is 19.2. The van der Waals surface area contributed by atoms with Crippen LogP contribution in [0.25, 0.3) is 11.0 Å². The number of nitrogens with zero attached hydrogens (tertiary/aromatic N) is 1. The Bertz CT molecular complexity index is 876. The number of carbonyl (C=O) groups excluding carboxylic acids is 1. The zero-order valence-electron chi connectivity index (χ0n) is 14.0. The standard InChI is InChI=1S/C19H20FN3O2/c1-13-5-2-3-6-17(13)25-10-4-7-19(24)21-12-18-22-15-9-8-14(20)11-16(15)23-18/h2-3,5-6,8-9,11H,4,7,10,12H2,1H3,(H,21,24)(H,22,23). The molecule has 6 heteroatoms. The van der Waals surface area contributed by atoms with Crippen LogP contribution in [0.4, 0.5) is 4.39 Å². The highest BCUT2D eigenvalue weighted by molar-refractivity contribution is 5.77. The first kappa shape index (κ1) is 17.0. The first-order valence-corrected chi connectivity index (χ1v) is 8.21. The molecule has 3 aromatic rings. The zero-order valence-corrected chi connectivity index (χ0v) is 14.0. The summed E-state index contributed by atoms with van der Waals surface area (Å²) < 4.78 is 18.8.